The SMILES string of the molecule is C=C/C=C\C=C(\C=O)C(=C)O. The number of aliphatic hydroxyl groups excluding tert-OH is 1. The van der Waals surface area contributed by atoms with Gasteiger partial charge in [0.2, 0.25) is 0 Å². The molecule has 0 aliphatic heterocycles. The maximum atomic E-state index is 10.2. The zero-order valence-corrected chi connectivity index (χ0v) is 6.16. The van der Waals surface area contributed by atoms with E-state index in [4.69, 9.17) is 5.11 Å². The van der Waals surface area contributed by atoms with E-state index in [0.29, 0.717) is 6.29 Å². The Labute approximate surface area is 65.9 Å². The van der Waals surface area contributed by atoms with E-state index in [9.17, 15) is 4.79 Å². The van der Waals surface area contributed by atoms with E-state index < -0.39 is 0 Å². The predicted octanol–water partition coefficient (Wildman–Crippen LogP) is 1.93. The Hall–Kier alpha value is -1.57. The summed E-state index contributed by atoms with van der Waals surface area (Å²) in [6.07, 6.45) is 6.80. The number of aldehydes is 1. The van der Waals surface area contributed by atoms with E-state index in [0.717, 1.165) is 0 Å². The fraction of sp³-hybridized carbons (Fsp3) is 0. The van der Waals surface area contributed by atoms with Crippen molar-refractivity contribution < 1.29 is 9.90 Å². The number of hydrogen-bond donors (Lipinski definition) is 1. The molecule has 0 amide bonds. The molecule has 0 spiro atoms. The lowest BCUT2D eigenvalue weighted by atomic mass is 10.2. The molecule has 0 radical (unpaired) electrons. The molecule has 11 heavy (non-hydrogen) atoms. The van der Waals surface area contributed by atoms with E-state index in [2.05, 4.69) is 13.2 Å². The number of hydrogen-bond acceptors (Lipinski definition) is 2. The molecule has 0 rings (SSSR count). The van der Waals surface area contributed by atoms with Crippen molar-refractivity contribution in [2.24, 2.45) is 0 Å². The van der Waals surface area contributed by atoms with Gasteiger partial charge in [-0.2, -0.15) is 0 Å². The molecule has 0 atom stereocenters. The second-order valence-corrected chi connectivity index (χ2v) is 1.81. The van der Waals surface area contributed by atoms with E-state index in [1.165, 1.54) is 6.08 Å². The summed E-state index contributed by atoms with van der Waals surface area (Å²) in [4.78, 5) is 10.2. The smallest absolute Gasteiger partial charge is 0.153 e. The first-order chi connectivity index (χ1) is 5.22. The van der Waals surface area contributed by atoms with Crippen LogP contribution >= 0.6 is 0 Å². The van der Waals surface area contributed by atoms with Gasteiger partial charge in [-0.1, -0.05) is 31.4 Å². The van der Waals surface area contributed by atoms with Gasteiger partial charge in [-0.25, -0.2) is 0 Å². The normalized spacial score (nSPS) is 11.5. The summed E-state index contributed by atoms with van der Waals surface area (Å²) in [5.74, 6) is -0.228. The van der Waals surface area contributed by atoms with Gasteiger partial charge in [0.05, 0.1) is 5.57 Å². The van der Waals surface area contributed by atoms with E-state index in [1.807, 2.05) is 0 Å². The first kappa shape index (κ1) is 9.43. The minimum absolute atomic E-state index is 0.170. The van der Waals surface area contributed by atoms with Crippen molar-refractivity contribution in [1.29, 1.82) is 0 Å². The monoisotopic (exact) mass is 150 g/mol. The molecule has 0 heterocycles. The van der Waals surface area contributed by atoms with Crippen molar-refractivity contribution in [2.45, 2.75) is 0 Å². The van der Waals surface area contributed by atoms with Crippen molar-refractivity contribution in [3.63, 3.8) is 0 Å². The van der Waals surface area contributed by atoms with Crippen molar-refractivity contribution >= 4 is 6.29 Å². The van der Waals surface area contributed by atoms with Gasteiger partial charge in [0.25, 0.3) is 0 Å². The number of carbonyl (C=O) groups excluding carboxylic acids is 1. The van der Waals surface area contributed by atoms with Crippen molar-refractivity contribution in [3.05, 3.63) is 48.8 Å². The molecule has 1 N–H and O–H groups in total. The fourth-order valence-electron chi connectivity index (χ4n) is 0.441. The van der Waals surface area contributed by atoms with Crippen LogP contribution in [0.3, 0.4) is 0 Å². The molecular weight excluding hydrogens is 140 g/mol. The van der Waals surface area contributed by atoms with E-state index >= 15 is 0 Å². The Morgan fingerprint density at radius 2 is 2.00 bits per heavy atom. The van der Waals surface area contributed by atoms with E-state index in [-0.39, 0.29) is 11.3 Å². The summed E-state index contributed by atoms with van der Waals surface area (Å²) < 4.78 is 0. The zero-order chi connectivity index (χ0) is 8.69. The van der Waals surface area contributed by atoms with Gasteiger partial charge in [0.1, 0.15) is 5.76 Å². The van der Waals surface area contributed by atoms with Crippen LogP contribution in [0.4, 0.5) is 0 Å². The molecule has 0 aromatic carbocycles. The number of rotatable bonds is 4. The van der Waals surface area contributed by atoms with Crippen LogP contribution in [0.1, 0.15) is 0 Å². The lowest BCUT2D eigenvalue weighted by Gasteiger charge is -1.91. The minimum atomic E-state index is -0.228. The highest BCUT2D eigenvalue weighted by molar-refractivity contribution is 5.79. The highest BCUT2D eigenvalue weighted by Gasteiger charge is 1.94. The van der Waals surface area contributed by atoms with Crippen molar-refractivity contribution in [2.75, 3.05) is 0 Å². The second kappa shape index (κ2) is 5.23. The molecule has 58 valence electrons. The van der Waals surface area contributed by atoms with Crippen LogP contribution in [0.15, 0.2) is 48.8 Å². The van der Waals surface area contributed by atoms with Gasteiger partial charge in [-0.05, 0) is 6.08 Å². The average molecular weight is 150 g/mol. The summed E-state index contributed by atoms with van der Waals surface area (Å²) >= 11 is 0. The van der Waals surface area contributed by atoms with Crippen LogP contribution in [0, 0.1) is 0 Å². The molecular formula is C9H10O2. The van der Waals surface area contributed by atoms with Crippen LogP contribution < -0.4 is 0 Å². The molecule has 0 aliphatic carbocycles. The maximum absolute atomic E-state index is 10.2. The summed E-state index contributed by atoms with van der Waals surface area (Å²) in [5.41, 5.74) is 0.170. The molecule has 0 saturated heterocycles. The van der Waals surface area contributed by atoms with Crippen LogP contribution in [0.25, 0.3) is 0 Å². The molecule has 0 saturated carbocycles. The predicted molar refractivity (Wildman–Crippen MR) is 45.3 cm³/mol. The molecule has 0 aromatic rings. The topological polar surface area (TPSA) is 37.3 Å². The van der Waals surface area contributed by atoms with Gasteiger partial charge < -0.3 is 5.11 Å². The lowest BCUT2D eigenvalue weighted by molar-refractivity contribution is -0.104. The number of aliphatic hydroxyl groups is 1. The summed E-state index contributed by atoms with van der Waals surface area (Å²) in [7, 11) is 0. The van der Waals surface area contributed by atoms with Crippen LogP contribution in [0.2, 0.25) is 0 Å². The summed E-state index contributed by atoms with van der Waals surface area (Å²) in [6, 6.07) is 0. The van der Waals surface area contributed by atoms with Gasteiger partial charge in [0, 0.05) is 0 Å². The quantitative estimate of drug-likeness (QED) is 0.288. The van der Waals surface area contributed by atoms with Crippen LogP contribution in [-0.2, 0) is 4.79 Å². The van der Waals surface area contributed by atoms with Crippen molar-refractivity contribution in [3.8, 4) is 0 Å². The second-order valence-electron chi connectivity index (χ2n) is 1.81. The van der Waals surface area contributed by atoms with Crippen LogP contribution in [0.5, 0.6) is 0 Å². The Balaban J connectivity index is 4.35. The van der Waals surface area contributed by atoms with Crippen LogP contribution in [-0.4, -0.2) is 11.4 Å². The molecule has 2 heteroatoms. The highest BCUT2D eigenvalue weighted by atomic mass is 16.3. The first-order valence-electron chi connectivity index (χ1n) is 3.05. The molecule has 0 unspecified atom stereocenters. The molecule has 0 aliphatic rings. The molecule has 2 nitrogen and oxygen atoms in total. The Morgan fingerprint density at radius 1 is 1.36 bits per heavy atom. The third-order valence-corrected chi connectivity index (χ3v) is 0.983. The van der Waals surface area contributed by atoms with Gasteiger partial charge in [-0.3, -0.25) is 4.79 Å². The zero-order valence-electron chi connectivity index (χ0n) is 6.16. The van der Waals surface area contributed by atoms with Gasteiger partial charge in [-0.15, -0.1) is 0 Å². The van der Waals surface area contributed by atoms with Gasteiger partial charge >= 0.3 is 0 Å². The fourth-order valence-corrected chi connectivity index (χ4v) is 0.441. The lowest BCUT2D eigenvalue weighted by Crippen LogP contribution is -1.86. The minimum Gasteiger partial charge on any atom is -0.508 e. The molecule has 0 bridgehead atoms. The van der Waals surface area contributed by atoms with Crippen molar-refractivity contribution in [1.82, 2.24) is 0 Å². The number of allylic oxidation sites excluding steroid dienone is 5. The molecule has 0 fully saturated rings. The summed E-state index contributed by atoms with van der Waals surface area (Å²) in [6.45, 7) is 6.64. The number of carbonyl (C=O) groups is 1. The average Bonchev–Trinajstić information content (AvgIpc) is 1.97. The third kappa shape index (κ3) is 3.92. The van der Waals surface area contributed by atoms with Gasteiger partial charge in [0.15, 0.2) is 6.29 Å². The van der Waals surface area contributed by atoms with E-state index in [1.54, 1.807) is 18.2 Å². The highest BCUT2D eigenvalue weighted by Crippen LogP contribution is 1.99. The Bertz CT molecular complexity index is 222. The standard InChI is InChI=1S/C9H10O2/c1-3-4-5-6-9(7-10)8(2)11/h3-7,11H,1-2H2/b5-4-,9-6-. The summed E-state index contributed by atoms with van der Waals surface area (Å²) in [5, 5.41) is 8.76. The Kier molecular flexibility index (Phi) is 4.49. The third-order valence-electron chi connectivity index (χ3n) is 0.983. The maximum Gasteiger partial charge on any atom is 0.153 e. The largest absolute Gasteiger partial charge is 0.508 e. The molecule has 0 aromatic heterocycles. The first-order valence-corrected chi connectivity index (χ1v) is 3.05. The Morgan fingerprint density at radius 3 is 2.36 bits per heavy atom.